The molecule has 0 saturated heterocycles. The number of anilines is 3. The van der Waals surface area contributed by atoms with Crippen molar-refractivity contribution in [2.45, 2.75) is 20.0 Å². The molecule has 1 aromatic heterocycles. The van der Waals surface area contributed by atoms with Gasteiger partial charge in [0, 0.05) is 8.95 Å². The van der Waals surface area contributed by atoms with Crippen LogP contribution in [0.15, 0.2) is 27.1 Å². The van der Waals surface area contributed by atoms with Gasteiger partial charge in [-0.05, 0) is 57.8 Å². The predicted octanol–water partition coefficient (Wildman–Crippen LogP) is 3.21. The fourth-order valence-corrected chi connectivity index (χ4v) is 2.67. The molecule has 21 heavy (non-hydrogen) atoms. The molecular weight excluding hydrogens is 404 g/mol. The Morgan fingerprint density at radius 1 is 1.10 bits per heavy atom. The van der Waals surface area contributed by atoms with E-state index in [2.05, 4.69) is 57.6 Å². The van der Waals surface area contributed by atoms with E-state index < -0.39 is 0 Å². The average Bonchev–Trinajstić information content (AvgIpc) is 2.42. The first-order valence-corrected chi connectivity index (χ1v) is 7.68. The van der Waals surface area contributed by atoms with Crippen LogP contribution in [0.1, 0.15) is 13.8 Å². The van der Waals surface area contributed by atoms with E-state index in [0.29, 0.717) is 5.95 Å². The molecule has 0 spiro atoms. The van der Waals surface area contributed by atoms with Crippen LogP contribution in [-0.2, 0) is 0 Å². The zero-order valence-corrected chi connectivity index (χ0v) is 14.6. The summed E-state index contributed by atoms with van der Waals surface area (Å²) >= 11 is 6.93. The van der Waals surface area contributed by atoms with Crippen molar-refractivity contribution in [2.75, 3.05) is 10.7 Å². The molecule has 0 aliphatic heterocycles. The van der Waals surface area contributed by atoms with Gasteiger partial charge in [-0.3, -0.25) is 5.43 Å². The second-order valence-corrected chi connectivity index (χ2v) is 6.01. The third kappa shape index (κ3) is 4.26. The molecule has 0 radical (unpaired) electrons. The number of nitrogen functional groups attached to an aromatic ring is 1. The molecule has 0 aliphatic rings. The summed E-state index contributed by atoms with van der Waals surface area (Å²) in [5.41, 5.74) is 3.18. The van der Waals surface area contributed by atoms with E-state index in [1.165, 1.54) is 0 Å². The molecule has 0 aliphatic carbocycles. The molecule has 4 N–H and O–H groups in total. The van der Waals surface area contributed by atoms with Gasteiger partial charge in [-0.15, -0.1) is 0 Å². The van der Waals surface area contributed by atoms with Crippen molar-refractivity contribution in [1.29, 1.82) is 0 Å². The number of hydrazine groups is 1. The average molecular weight is 418 g/mol. The van der Waals surface area contributed by atoms with Gasteiger partial charge in [0.1, 0.15) is 0 Å². The third-order valence-electron chi connectivity index (χ3n) is 2.28. The van der Waals surface area contributed by atoms with Crippen LogP contribution in [0.3, 0.4) is 0 Å². The molecule has 9 heteroatoms. The van der Waals surface area contributed by atoms with Crippen LogP contribution < -0.4 is 21.3 Å². The van der Waals surface area contributed by atoms with Crippen LogP contribution in [0, 0.1) is 0 Å². The van der Waals surface area contributed by atoms with E-state index in [0.717, 1.165) is 14.6 Å². The van der Waals surface area contributed by atoms with Crippen LogP contribution in [0.5, 0.6) is 6.01 Å². The smallest absolute Gasteiger partial charge is 0.323 e. The van der Waals surface area contributed by atoms with Crippen molar-refractivity contribution in [1.82, 2.24) is 15.0 Å². The van der Waals surface area contributed by atoms with Gasteiger partial charge in [0.15, 0.2) is 0 Å². The number of benzene rings is 1. The molecule has 2 rings (SSSR count). The van der Waals surface area contributed by atoms with Gasteiger partial charge in [0.05, 0.1) is 11.8 Å². The predicted molar refractivity (Wildman–Crippen MR) is 88.5 cm³/mol. The Balaban J connectivity index is 2.35. The Kier molecular flexibility index (Phi) is 5.32. The summed E-state index contributed by atoms with van der Waals surface area (Å²) in [4.78, 5) is 12.4. The Morgan fingerprint density at radius 2 is 1.71 bits per heavy atom. The molecule has 1 aromatic carbocycles. The molecule has 7 nitrogen and oxygen atoms in total. The van der Waals surface area contributed by atoms with Gasteiger partial charge in [-0.25, -0.2) is 5.84 Å². The van der Waals surface area contributed by atoms with E-state index in [-0.39, 0.29) is 18.1 Å². The lowest BCUT2D eigenvalue weighted by Gasteiger charge is -2.12. The van der Waals surface area contributed by atoms with Gasteiger partial charge in [0.25, 0.3) is 0 Å². The minimum Gasteiger partial charge on any atom is -0.461 e. The number of aromatic nitrogens is 3. The maximum Gasteiger partial charge on any atom is 0.323 e. The summed E-state index contributed by atoms with van der Waals surface area (Å²) in [5.74, 6) is 5.90. The Bertz CT molecular complexity index is 617. The second kappa shape index (κ2) is 7.01. The third-order valence-corrected chi connectivity index (χ3v) is 3.61. The van der Waals surface area contributed by atoms with E-state index in [9.17, 15) is 0 Å². The maximum absolute atomic E-state index is 5.47. The molecular formula is C12H14Br2N6O. The molecule has 112 valence electrons. The standard InChI is InChI=1S/C12H14Br2N6O/c1-6(2)21-12-18-10(17-11(19-12)20-15)16-9-7(13)4-3-5-8(9)14/h3-6H,15H2,1-2H3,(H2,16,17,18,19,20). The molecule has 0 bridgehead atoms. The monoisotopic (exact) mass is 416 g/mol. The lowest BCUT2D eigenvalue weighted by Crippen LogP contribution is -2.15. The van der Waals surface area contributed by atoms with E-state index in [1.807, 2.05) is 32.0 Å². The highest BCUT2D eigenvalue weighted by Gasteiger charge is 2.11. The first-order chi connectivity index (χ1) is 9.99. The number of nitrogens with one attached hydrogen (secondary N) is 2. The molecule has 0 unspecified atom stereocenters. The summed E-state index contributed by atoms with van der Waals surface area (Å²) in [6.45, 7) is 3.77. The molecule has 0 atom stereocenters. The summed E-state index contributed by atoms with van der Waals surface area (Å²) < 4.78 is 7.21. The van der Waals surface area contributed by atoms with E-state index >= 15 is 0 Å². The van der Waals surface area contributed by atoms with Crippen LogP contribution in [0.25, 0.3) is 0 Å². The Labute approximate surface area is 139 Å². The minimum absolute atomic E-state index is 0.0546. The maximum atomic E-state index is 5.47. The normalized spacial score (nSPS) is 10.6. The summed E-state index contributed by atoms with van der Waals surface area (Å²) in [5, 5.41) is 3.10. The van der Waals surface area contributed by atoms with Crippen molar-refractivity contribution in [3.63, 3.8) is 0 Å². The zero-order valence-electron chi connectivity index (χ0n) is 11.4. The first-order valence-electron chi connectivity index (χ1n) is 6.10. The summed E-state index contributed by atoms with van der Waals surface area (Å²) in [7, 11) is 0. The highest BCUT2D eigenvalue weighted by atomic mass is 79.9. The van der Waals surface area contributed by atoms with Crippen LogP contribution in [0.4, 0.5) is 17.6 Å². The largest absolute Gasteiger partial charge is 0.461 e. The highest BCUT2D eigenvalue weighted by molar-refractivity contribution is 9.11. The Morgan fingerprint density at radius 3 is 2.29 bits per heavy atom. The van der Waals surface area contributed by atoms with Crippen LogP contribution in [-0.4, -0.2) is 21.1 Å². The van der Waals surface area contributed by atoms with E-state index in [4.69, 9.17) is 10.6 Å². The molecule has 1 heterocycles. The Hall–Kier alpha value is -1.45. The fraction of sp³-hybridized carbons (Fsp3) is 0.250. The number of nitrogens with two attached hydrogens (primary N) is 1. The van der Waals surface area contributed by atoms with Gasteiger partial charge in [-0.2, -0.15) is 15.0 Å². The van der Waals surface area contributed by atoms with E-state index in [1.54, 1.807) is 0 Å². The molecule has 0 saturated carbocycles. The number of ether oxygens (including phenoxy) is 1. The summed E-state index contributed by atoms with van der Waals surface area (Å²) in [6, 6.07) is 5.91. The molecule has 2 aromatic rings. The van der Waals surface area contributed by atoms with Crippen molar-refractivity contribution in [2.24, 2.45) is 5.84 Å². The zero-order chi connectivity index (χ0) is 15.4. The second-order valence-electron chi connectivity index (χ2n) is 4.30. The lowest BCUT2D eigenvalue weighted by molar-refractivity contribution is 0.222. The number of rotatable bonds is 5. The minimum atomic E-state index is -0.0546. The van der Waals surface area contributed by atoms with Crippen LogP contribution >= 0.6 is 31.9 Å². The highest BCUT2D eigenvalue weighted by Crippen LogP contribution is 2.32. The number of para-hydroxylation sites is 1. The number of hydrogen-bond acceptors (Lipinski definition) is 7. The topological polar surface area (TPSA) is 98.0 Å². The van der Waals surface area contributed by atoms with Crippen molar-refractivity contribution < 1.29 is 4.74 Å². The first kappa shape index (κ1) is 15.9. The molecule has 0 amide bonds. The van der Waals surface area contributed by atoms with Crippen molar-refractivity contribution in [3.8, 4) is 6.01 Å². The van der Waals surface area contributed by atoms with Gasteiger partial charge in [0.2, 0.25) is 11.9 Å². The number of hydrogen-bond donors (Lipinski definition) is 3. The number of halogens is 2. The lowest BCUT2D eigenvalue weighted by atomic mass is 10.3. The summed E-state index contributed by atoms with van der Waals surface area (Å²) in [6.07, 6.45) is -0.0546. The quantitative estimate of drug-likeness (QED) is 0.507. The van der Waals surface area contributed by atoms with Gasteiger partial charge >= 0.3 is 6.01 Å². The van der Waals surface area contributed by atoms with Gasteiger partial charge < -0.3 is 10.1 Å². The molecule has 0 fully saturated rings. The van der Waals surface area contributed by atoms with Crippen molar-refractivity contribution in [3.05, 3.63) is 27.1 Å². The fourth-order valence-electron chi connectivity index (χ4n) is 1.47. The SMILES string of the molecule is CC(C)Oc1nc(NN)nc(Nc2c(Br)cccc2Br)n1. The number of nitrogens with zero attached hydrogens (tertiary/aromatic N) is 3. The van der Waals surface area contributed by atoms with Gasteiger partial charge in [-0.1, -0.05) is 6.07 Å². The van der Waals surface area contributed by atoms with Crippen LogP contribution in [0.2, 0.25) is 0 Å². The van der Waals surface area contributed by atoms with Crippen molar-refractivity contribution >= 4 is 49.4 Å².